The van der Waals surface area contributed by atoms with Crippen molar-refractivity contribution >= 4 is 21.0 Å². The van der Waals surface area contributed by atoms with Crippen molar-refractivity contribution in [2.24, 2.45) is 0 Å². The Kier molecular flexibility index (Phi) is 6.89. The first-order valence-corrected chi connectivity index (χ1v) is 12.3. The predicted molar refractivity (Wildman–Crippen MR) is 103 cm³/mol. The fourth-order valence-corrected chi connectivity index (χ4v) is 2.64. The van der Waals surface area contributed by atoms with Gasteiger partial charge in [0, 0.05) is 20.4 Å². The number of hydrogen-bond acceptors (Lipinski definition) is 4. The number of hydrogen-bond donors (Lipinski definition) is 1. The largest absolute Gasteiger partial charge is 0.426 e. The van der Waals surface area contributed by atoms with E-state index in [2.05, 4.69) is 24.7 Å². The van der Waals surface area contributed by atoms with Gasteiger partial charge in [0.25, 0.3) is 0 Å². The Hall–Kier alpha value is -0.628. The smallest absolute Gasteiger partial charge is 0.334 e. The Bertz CT molecular complexity index is 545. The highest BCUT2D eigenvalue weighted by atomic mass is 28.3. The van der Waals surface area contributed by atoms with Crippen LogP contribution in [0.4, 0.5) is 0 Å². The van der Waals surface area contributed by atoms with Crippen LogP contribution in [-0.2, 0) is 16.1 Å². The number of aliphatic hydroxyl groups is 1. The van der Waals surface area contributed by atoms with Gasteiger partial charge < -0.3 is 14.5 Å². The molecular formula is C17H34BN2O3Si. The normalized spacial score (nSPS) is 13.4. The second-order valence-electron chi connectivity index (χ2n) is 8.74. The van der Waals surface area contributed by atoms with E-state index in [1.165, 1.54) is 0 Å². The molecule has 1 rings (SSSR count). The van der Waals surface area contributed by atoms with E-state index < -0.39 is 19.3 Å². The van der Waals surface area contributed by atoms with Crippen molar-refractivity contribution in [1.29, 1.82) is 0 Å². The monoisotopic (exact) mass is 353 g/mol. The van der Waals surface area contributed by atoms with Gasteiger partial charge in [0.15, 0.2) is 0 Å². The summed E-state index contributed by atoms with van der Waals surface area (Å²) in [6, 6.07) is 1.15. The summed E-state index contributed by atoms with van der Waals surface area (Å²) in [7, 11) is 0.632. The molecule has 0 unspecified atom stereocenters. The third-order valence-corrected chi connectivity index (χ3v) is 6.30. The summed E-state index contributed by atoms with van der Waals surface area (Å²) in [5.74, 6) is 0. The minimum Gasteiger partial charge on any atom is -0.426 e. The zero-order valence-electron chi connectivity index (χ0n) is 16.9. The van der Waals surface area contributed by atoms with Gasteiger partial charge in [-0.25, -0.2) is 4.68 Å². The van der Waals surface area contributed by atoms with Crippen LogP contribution in [0.15, 0.2) is 0 Å². The average molecular weight is 353 g/mol. The fraction of sp³-hybridized carbons (Fsp3) is 0.824. The van der Waals surface area contributed by atoms with Crippen LogP contribution in [0.2, 0.25) is 25.7 Å². The molecule has 0 fully saturated rings. The molecule has 1 heterocycles. The van der Waals surface area contributed by atoms with Crippen molar-refractivity contribution in [2.75, 3.05) is 6.61 Å². The molecule has 1 aromatic rings. The van der Waals surface area contributed by atoms with Crippen LogP contribution < -0.4 is 5.46 Å². The highest BCUT2D eigenvalue weighted by molar-refractivity contribution is 6.76. The molecule has 1 radical (unpaired) electrons. The van der Waals surface area contributed by atoms with E-state index in [-0.39, 0.29) is 0 Å². The van der Waals surface area contributed by atoms with Crippen molar-refractivity contribution in [1.82, 2.24) is 9.78 Å². The summed E-state index contributed by atoms with van der Waals surface area (Å²) in [6.45, 7) is 19.5. The van der Waals surface area contributed by atoms with Gasteiger partial charge in [-0.1, -0.05) is 19.6 Å². The minimum absolute atomic E-state index is 0.458. The Morgan fingerprint density at radius 2 is 1.75 bits per heavy atom. The Labute approximate surface area is 149 Å². The van der Waals surface area contributed by atoms with Crippen molar-refractivity contribution in [3.05, 3.63) is 11.4 Å². The SMILES string of the molecule is Cc1nn(COCC[Si](C)(C)C)c(C)c1[B]OC(C)(C)C(C)(C)O. The molecule has 5 nitrogen and oxygen atoms in total. The summed E-state index contributed by atoms with van der Waals surface area (Å²) < 4.78 is 13.5. The fourth-order valence-electron chi connectivity index (χ4n) is 1.89. The molecule has 0 bridgehead atoms. The van der Waals surface area contributed by atoms with E-state index in [1.807, 2.05) is 32.4 Å². The van der Waals surface area contributed by atoms with Gasteiger partial charge in [0.1, 0.15) is 6.73 Å². The van der Waals surface area contributed by atoms with Gasteiger partial charge in [0.05, 0.1) is 16.9 Å². The number of aromatic nitrogens is 2. The number of nitrogens with zero attached hydrogens (tertiary/aromatic N) is 2. The summed E-state index contributed by atoms with van der Waals surface area (Å²) in [6.07, 6.45) is 0. The number of rotatable bonds is 9. The minimum atomic E-state index is -1.07. The Morgan fingerprint density at radius 3 is 2.25 bits per heavy atom. The van der Waals surface area contributed by atoms with Crippen LogP contribution >= 0.6 is 0 Å². The second kappa shape index (κ2) is 7.72. The van der Waals surface area contributed by atoms with Gasteiger partial charge in [-0.2, -0.15) is 5.10 Å². The maximum absolute atomic E-state index is 10.2. The van der Waals surface area contributed by atoms with Crippen LogP contribution in [0.1, 0.15) is 39.1 Å². The Balaban J connectivity index is 2.67. The molecule has 0 spiro atoms. The lowest BCUT2D eigenvalue weighted by Gasteiger charge is -2.37. The summed E-state index contributed by atoms with van der Waals surface area (Å²) in [5.41, 5.74) is 1.21. The van der Waals surface area contributed by atoms with E-state index in [9.17, 15) is 5.11 Å². The zero-order valence-corrected chi connectivity index (χ0v) is 17.9. The molecule has 24 heavy (non-hydrogen) atoms. The molecule has 0 aromatic carbocycles. The average Bonchev–Trinajstić information content (AvgIpc) is 2.65. The highest BCUT2D eigenvalue weighted by Crippen LogP contribution is 2.24. The Morgan fingerprint density at radius 1 is 1.17 bits per heavy atom. The first kappa shape index (κ1) is 21.4. The molecule has 0 saturated heterocycles. The van der Waals surface area contributed by atoms with Crippen molar-refractivity contribution in [3.63, 3.8) is 0 Å². The third kappa shape index (κ3) is 6.02. The van der Waals surface area contributed by atoms with Crippen LogP contribution in [0.3, 0.4) is 0 Å². The molecule has 0 amide bonds. The van der Waals surface area contributed by atoms with Crippen LogP contribution in [-0.4, -0.2) is 48.3 Å². The van der Waals surface area contributed by atoms with E-state index in [1.54, 1.807) is 21.3 Å². The maximum atomic E-state index is 10.2. The predicted octanol–water partition coefficient (Wildman–Crippen LogP) is 2.62. The summed E-state index contributed by atoms with van der Waals surface area (Å²) in [4.78, 5) is 0. The standard InChI is InChI=1S/C17H34BN2O3Si/c1-13-15(18-23-17(5,6)16(3,4)21)14(2)20(19-13)12-22-10-11-24(7,8)9/h21H,10-12H2,1-9H3. The second-order valence-corrected chi connectivity index (χ2v) is 14.4. The topological polar surface area (TPSA) is 56.5 Å². The van der Waals surface area contributed by atoms with Gasteiger partial charge >= 0.3 is 7.48 Å². The van der Waals surface area contributed by atoms with E-state index in [0.717, 1.165) is 29.5 Å². The maximum Gasteiger partial charge on any atom is 0.334 e. The molecule has 0 aliphatic carbocycles. The number of ether oxygens (including phenoxy) is 1. The van der Waals surface area contributed by atoms with Crippen LogP contribution in [0, 0.1) is 13.8 Å². The van der Waals surface area contributed by atoms with Crippen LogP contribution in [0.25, 0.3) is 0 Å². The van der Waals surface area contributed by atoms with E-state index in [4.69, 9.17) is 9.39 Å². The quantitative estimate of drug-likeness (QED) is 0.548. The molecular weight excluding hydrogens is 319 g/mol. The molecule has 0 aliphatic heterocycles. The molecule has 7 heteroatoms. The molecule has 0 saturated carbocycles. The van der Waals surface area contributed by atoms with Gasteiger partial charge in [0.2, 0.25) is 0 Å². The molecule has 0 aliphatic rings. The first-order chi connectivity index (χ1) is 10.7. The first-order valence-electron chi connectivity index (χ1n) is 8.60. The van der Waals surface area contributed by atoms with E-state index in [0.29, 0.717) is 6.73 Å². The third-order valence-electron chi connectivity index (χ3n) is 4.59. The highest BCUT2D eigenvalue weighted by Gasteiger charge is 2.36. The van der Waals surface area contributed by atoms with Gasteiger partial charge in [-0.05, 0) is 53.0 Å². The molecule has 137 valence electrons. The zero-order chi connectivity index (χ0) is 18.8. The summed E-state index contributed by atoms with van der Waals surface area (Å²) >= 11 is 0. The molecule has 1 N–H and O–H groups in total. The summed E-state index contributed by atoms with van der Waals surface area (Å²) in [5, 5.41) is 14.7. The lowest BCUT2D eigenvalue weighted by molar-refractivity contribution is -0.0893. The van der Waals surface area contributed by atoms with Crippen molar-refractivity contribution in [3.8, 4) is 0 Å². The lowest BCUT2D eigenvalue weighted by Crippen LogP contribution is -2.49. The van der Waals surface area contributed by atoms with Crippen molar-refractivity contribution < 1.29 is 14.5 Å². The van der Waals surface area contributed by atoms with E-state index >= 15 is 0 Å². The lowest BCUT2D eigenvalue weighted by atomic mass is 9.81. The van der Waals surface area contributed by atoms with Gasteiger partial charge in [-0.15, -0.1) is 0 Å². The molecule has 1 aromatic heterocycles. The van der Waals surface area contributed by atoms with Crippen molar-refractivity contribution in [2.45, 2.75) is 85.2 Å². The van der Waals surface area contributed by atoms with Crippen LogP contribution in [0.5, 0.6) is 0 Å². The van der Waals surface area contributed by atoms with Gasteiger partial charge in [-0.3, -0.25) is 0 Å². The molecule has 0 atom stereocenters. The number of aryl methyl sites for hydroxylation is 1.